The number of nitrogens with zero attached hydrogens (tertiary/aromatic N) is 8. The van der Waals surface area contributed by atoms with Crippen LogP contribution in [0, 0.1) is 0 Å². The van der Waals surface area contributed by atoms with Gasteiger partial charge in [-0.25, -0.2) is 4.98 Å². The van der Waals surface area contributed by atoms with Gasteiger partial charge in [0, 0.05) is 82.4 Å². The fraction of sp³-hybridized carbons (Fsp3) is 0.121. The van der Waals surface area contributed by atoms with Crippen molar-refractivity contribution in [1.29, 1.82) is 0 Å². The Bertz CT molecular complexity index is 8090. The molecule has 140 heavy (non-hydrogen) atoms. The van der Waals surface area contributed by atoms with Crippen LogP contribution in [0.2, 0.25) is 0 Å². The smallest absolute Gasteiger partial charge is 0.141 e. The van der Waals surface area contributed by atoms with Crippen LogP contribution in [0.3, 0.4) is 0 Å². The van der Waals surface area contributed by atoms with E-state index in [0.717, 1.165) is 109 Å². The van der Waals surface area contributed by atoms with Crippen molar-refractivity contribution in [2.45, 2.75) is 103 Å². The summed E-state index contributed by atoms with van der Waals surface area (Å²) in [5.74, 6) is 1.10. The van der Waals surface area contributed by atoms with Crippen LogP contribution in [0.15, 0.2) is 340 Å². The van der Waals surface area contributed by atoms with Crippen molar-refractivity contribution < 1.29 is 0 Å². The molecule has 8 heteroatoms. The molecule has 8 aliphatic carbocycles. The Hall–Kier alpha value is -16.7. The normalized spacial score (nSPS) is 14.9. The maximum Gasteiger partial charge on any atom is 0.141 e. The number of pyridine rings is 4. The van der Waals surface area contributed by atoms with E-state index in [-0.39, 0.29) is 0 Å². The molecule has 0 saturated carbocycles. The van der Waals surface area contributed by atoms with E-state index in [9.17, 15) is 0 Å². The fourth-order valence-corrected chi connectivity index (χ4v) is 28.4. The van der Waals surface area contributed by atoms with Crippen molar-refractivity contribution in [3.05, 3.63) is 519 Å². The summed E-state index contributed by atoms with van der Waals surface area (Å²) >= 11 is 0. The fourth-order valence-electron chi connectivity index (χ4n) is 28.4. The molecule has 36 rings (SSSR count). The summed E-state index contributed by atoms with van der Waals surface area (Å²) in [7, 11) is 0. The third-order valence-electron chi connectivity index (χ3n) is 34.3. The SMILES string of the molecule is c1ccc2c(c1)Cc1cc3c(cc1-2)Cc1cc2c(c4c1N3c1cccnc1C4)Cc1ccccc1-2.c1ccc2c(c1)Cc1cc3c(cc1-2)Cc1cc2c(c4c1N3c1ccncc1C4)Cc1ccccc1-2.c1ccc2c(c1)Cc1cc3c(cc1-2)Cc1cc2c(c4c1N3c1cnccc1C4)Cc1ccccc1-2.c1ccc2c(c1)Cc1cc3c(cc1-2)Cc1cc2c(c4c1N3c1ncccc1C4)Cc1ccccc1-2. The monoisotopic (exact) mass is 1780 g/mol. The number of aromatic nitrogens is 4. The molecule has 20 aromatic rings. The molecule has 0 atom stereocenters. The van der Waals surface area contributed by atoms with Gasteiger partial charge in [-0.2, -0.15) is 0 Å². The van der Waals surface area contributed by atoms with Crippen molar-refractivity contribution in [3.63, 3.8) is 0 Å². The first-order valence-corrected chi connectivity index (χ1v) is 50.3. The molecule has 0 unspecified atom stereocenters. The van der Waals surface area contributed by atoms with Crippen LogP contribution in [0.5, 0.6) is 0 Å². The lowest BCUT2D eigenvalue weighted by molar-refractivity contribution is 0.955. The van der Waals surface area contributed by atoms with E-state index >= 15 is 0 Å². The van der Waals surface area contributed by atoms with Gasteiger partial charge in [-0.15, -0.1) is 0 Å². The van der Waals surface area contributed by atoms with Crippen molar-refractivity contribution >= 4 is 68.4 Å². The minimum absolute atomic E-state index is 0.915. The number of hydrogen-bond donors (Lipinski definition) is 0. The third kappa shape index (κ3) is 10.8. The van der Waals surface area contributed by atoms with Crippen LogP contribution in [0.1, 0.15) is 178 Å². The van der Waals surface area contributed by atoms with E-state index < -0.39 is 0 Å². The van der Waals surface area contributed by atoms with Crippen LogP contribution in [0.4, 0.5) is 68.4 Å². The maximum absolute atomic E-state index is 4.94. The van der Waals surface area contributed by atoms with Gasteiger partial charge >= 0.3 is 0 Å². The lowest BCUT2D eigenvalue weighted by Crippen LogP contribution is -2.26. The molecule has 8 nitrogen and oxygen atoms in total. The first-order valence-electron chi connectivity index (χ1n) is 50.3. The van der Waals surface area contributed by atoms with E-state index in [0.29, 0.717) is 0 Å². The summed E-state index contributed by atoms with van der Waals surface area (Å²) in [5, 5.41) is 0. The van der Waals surface area contributed by atoms with Crippen LogP contribution >= 0.6 is 0 Å². The number of rotatable bonds is 0. The first kappa shape index (κ1) is 76.5. The molecule has 8 aliphatic heterocycles. The highest BCUT2D eigenvalue weighted by atomic mass is 15.2. The highest BCUT2D eigenvalue weighted by Gasteiger charge is 2.45. The largest absolute Gasteiger partial charge is 0.309 e. The summed E-state index contributed by atoms with van der Waals surface area (Å²) in [6, 6.07) is 114. The van der Waals surface area contributed by atoms with E-state index in [1.807, 2.05) is 24.8 Å². The maximum atomic E-state index is 4.94. The lowest BCUT2D eigenvalue weighted by Gasteiger charge is -2.40. The molecule has 16 aliphatic rings. The first-order chi connectivity index (χ1) is 69.3. The Kier molecular flexibility index (Phi) is 15.6. The number of fused-ring (bicyclic) bond motifs is 44. The van der Waals surface area contributed by atoms with Crippen LogP contribution in [-0.2, 0) is 103 Å². The zero-order valence-corrected chi connectivity index (χ0v) is 77.2. The summed E-state index contributed by atoms with van der Waals surface area (Å²) in [4.78, 5) is 29.1. The van der Waals surface area contributed by atoms with Crippen molar-refractivity contribution in [2.75, 3.05) is 19.6 Å². The zero-order chi connectivity index (χ0) is 90.7. The zero-order valence-electron chi connectivity index (χ0n) is 77.2. The average molecular weight is 1790 g/mol. The van der Waals surface area contributed by atoms with Crippen molar-refractivity contribution in [3.8, 4) is 89.0 Å². The molecule has 0 amide bonds. The molecule has 0 radical (unpaired) electrons. The second-order valence-corrected chi connectivity index (χ2v) is 41.5. The van der Waals surface area contributed by atoms with Gasteiger partial charge in [0.05, 0.1) is 74.5 Å². The van der Waals surface area contributed by atoms with Gasteiger partial charge in [0.15, 0.2) is 0 Å². The Morgan fingerprint density at radius 1 is 0.150 bits per heavy atom. The van der Waals surface area contributed by atoms with Gasteiger partial charge < -0.3 is 14.7 Å². The quantitative estimate of drug-likeness (QED) is 0.149. The highest BCUT2D eigenvalue weighted by molar-refractivity contribution is 6.02. The predicted molar refractivity (Wildman–Crippen MR) is 564 cm³/mol. The van der Waals surface area contributed by atoms with Gasteiger partial charge in [-0.3, -0.25) is 19.9 Å². The Labute approximate surface area is 812 Å². The summed E-state index contributed by atoms with van der Waals surface area (Å²) < 4.78 is 0. The topological polar surface area (TPSA) is 64.5 Å². The van der Waals surface area contributed by atoms with Crippen LogP contribution < -0.4 is 19.6 Å². The van der Waals surface area contributed by atoms with Gasteiger partial charge in [0.1, 0.15) is 5.82 Å². The molecular weight excluding hydrogens is 1700 g/mol. The lowest BCUT2D eigenvalue weighted by atomic mass is 9.82. The summed E-state index contributed by atoms with van der Waals surface area (Å²) in [6.07, 6.45) is 27.9. The molecule has 656 valence electrons. The number of anilines is 12. The second-order valence-electron chi connectivity index (χ2n) is 41.5. The van der Waals surface area contributed by atoms with Crippen LogP contribution in [0.25, 0.3) is 89.0 Å². The summed E-state index contributed by atoms with van der Waals surface area (Å²) in [5.41, 5.74) is 83.6. The van der Waals surface area contributed by atoms with Gasteiger partial charge in [0.25, 0.3) is 0 Å². The van der Waals surface area contributed by atoms with E-state index in [2.05, 4.69) is 345 Å². The van der Waals surface area contributed by atoms with Gasteiger partial charge in [0.2, 0.25) is 0 Å². The van der Waals surface area contributed by atoms with Crippen molar-refractivity contribution in [1.82, 2.24) is 19.9 Å². The predicted octanol–water partition coefficient (Wildman–Crippen LogP) is 30.0. The van der Waals surface area contributed by atoms with E-state index in [4.69, 9.17) is 9.97 Å². The second kappa shape index (κ2) is 28.5. The standard InChI is InChI=1S/4C33H22N2/c1-3-9-25-19(6-1)12-22-18-31-23(16-27(22)25)13-24-17-28-26-10-4-2-7-20(26)14-29(28)30-15-21-8-5-11-34-33(21)35(31)32(24)30;1-3-8-24-19(6-1)12-21-17-32-22(15-26(21)24)13-23-16-27-25-9-4-2-7-20(25)14-28(27)29-18-30-31(10-5-11-34-30)35(32)33(23)29;1-3-7-25-19(5-1)11-21-17-32-22(14-27(21)25)12-23-15-28-26-8-4-2-6-20(26)13-29(28)30-16-24-18-34-10-9-31(24)35(32)33(23)30;1-3-7-25-19(5-1)11-22-17-31-23(15-27(22)25)12-24-16-28-26-8-4-2-6-20(26)13-29(28)30-14-21-9-10-34-18-32(21)35(31)33(24)30/h1-11,16-18H,12-15H2;1-11,15-17H,12-14,18H2;1-10,14-15,17-18H,11-13,16H2;1-10,15-18H,11-14H2. The molecule has 0 fully saturated rings. The molecule has 0 saturated heterocycles. The molecular formula is C132H88N8. The average Bonchev–Trinajstić information content (AvgIpc) is 1.32. The van der Waals surface area contributed by atoms with E-state index in [1.54, 1.807) is 0 Å². The Morgan fingerprint density at radius 3 is 0.850 bits per heavy atom. The minimum atomic E-state index is 0.915. The third-order valence-corrected chi connectivity index (χ3v) is 34.3. The Morgan fingerprint density at radius 2 is 0.436 bits per heavy atom. The van der Waals surface area contributed by atoms with Crippen LogP contribution in [-0.4, -0.2) is 19.9 Å². The highest BCUT2D eigenvalue weighted by Crippen LogP contribution is 2.63. The molecule has 16 aromatic carbocycles. The number of hydrogen-bond acceptors (Lipinski definition) is 8. The Balaban J connectivity index is 0.0000000829. The molecule has 4 aromatic heterocycles. The molecule has 0 bridgehead atoms. The number of benzene rings is 16. The molecule has 12 heterocycles. The molecule has 0 N–H and O–H groups in total. The minimum Gasteiger partial charge on any atom is -0.309 e. The molecule has 0 spiro atoms. The van der Waals surface area contributed by atoms with Gasteiger partial charge in [-0.1, -0.05) is 200 Å². The van der Waals surface area contributed by atoms with E-state index in [1.165, 1.54) is 330 Å². The van der Waals surface area contributed by atoms with Gasteiger partial charge in [-0.05, 0) is 416 Å². The van der Waals surface area contributed by atoms with Crippen molar-refractivity contribution in [2.24, 2.45) is 0 Å². The summed E-state index contributed by atoms with van der Waals surface area (Å²) in [6.45, 7) is 0.